The Hall–Kier alpha value is 0.600. The number of nitrogens with zero attached hydrogens (tertiary/aromatic N) is 1. The molecule has 88 valence electrons. The van der Waals surface area contributed by atoms with E-state index in [0.29, 0.717) is 0 Å². The molecule has 0 N–H and O–H groups in total. The average Bonchev–Trinajstić information content (AvgIpc) is 2.23. The first-order chi connectivity index (χ1) is 7.35. The Labute approximate surface area is 122 Å². The maximum atomic E-state index is 10.3. The molecule has 16 heavy (non-hydrogen) atoms. The van der Waals surface area contributed by atoms with Gasteiger partial charge in [-0.3, -0.25) is 0 Å². The number of halogens is 6. The minimum absolute atomic E-state index is 0.0296. The minimum Gasteiger partial charge on any atom is -0.211 e. The molecular weight excluding hydrogens is 339 g/mol. The fourth-order valence-electron chi connectivity index (χ4n) is 1.15. The molecule has 1 rings (SSSR count). The molecule has 0 amide bonds. The van der Waals surface area contributed by atoms with E-state index < -0.39 is 15.8 Å². The van der Waals surface area contributed by atoms with Gasteiger partial charge in [-0.15, -0.1) is 34.8 Å². The average molecular weight is 342 g/mol. The second-order valence-corrected chi connectivity index (χ2v) is 5.76. The quantitative estimate of drug-likeness (QED) is 0.418. The van der Waals surface area contributed by atoms with Crippen molar-refractivity contribution in [2.45, 2.75) is 15.8 Å². The third kappa shape index (κ3) is 2.39. The first kappa shape index (κ1) is 14.7. The SMILES string of the molecule is O=C=NC1C=C(Cl)C(Cl)=C(Cl)C1(Cl)C(Cl)Cl. The van der Waals surface area contributed by atoms with Gasteiger partial charge in [-0.25, -0.2) is 4.79 Å². The molecule has 0 bridgehead atoms. The van der Waals surface area contributed by atoms with Gasteiger partial charge in [0.15, 0.2) is 0 Å². The van der Waals surface area contributed by atoms with Gasteiger partial charge in [-0.1, -0.05) is 34.8 Å². The van der Waals surface area contributed by atoms with Crippen LogP contribution in [0, 0.1) is 0 Å². The number of aliphatic imine (C=N–C) groups is 1. The lowest BCUT2D eigenvalue weighted by Crippen LogP contribution is -2.43. The Morgan fingerprint density at radius 1 is 1.38 bits per heavy atom. The van der Waals surface area contributed by atoms with E-state index in [4.69, 9.17) is 69.6 Å². The number of carbonyl (C=O) groups excluding carboxylic acids is 1. The molecule has 0 fully saturated rings. The van der Waals surface area contributed by atoms with Crippen LogP contribution in [0.2, 0.25) is 0 Å². The van der Waals surface area contributed by atoms with E-state index in [9.17, 15) is 4.79 Å². The molecule has 0 saturated heterocycles. The van der Waals surface area contributed by atoms with Crippen molar-refractivity contribution in [3.05, 3.63) is 21.2 Å². The predicted octanol–water partition coefficient (Wildman–Crippen LogP) is 4.30. The van der Waals surface area contributed by atoms with Crippen molar-refractivity contribution >= 4 is 75.7 Å². The van der Waals surface area contributed by atoms with Crippen LogP contribution in [-0.4, -0.2) is 21.8 Å². The van der Waals surface area contributed by atoms with Gasteiger partial charge in [-0.2, -0.15) is 4.99 Å². The second-order valence-electron chi connectivity index (χ2n) is 2.88. The summed E-state index contributed by atoms with van der Waals surface area (Å²) < 4.78 is 0. The minimum atomic E-state index is -1.52. The van der Waals surface area contributed by atoms with Crippen LogP contribution in [0.25, 0.3) is 0 Å². The van der Waals surface area contributed by atoms with Crippen molar-refractivity contribution in [2.75, 3.05) is 0 Å². The van der Waals surface area contributed by atoms with E-state index in [1.807, 2.05) is 0 Å². The Bertz CT molecular complexity index is 411. The monoisotopic (exact) mass is 339 g/mol. The fourth-order valence-corrected chi connectivity index (χ4v) is 2.80. The molecular formula is C8H3Cl6NO. The van der Waals surface area contributed by atoms with Gasteiger partial charge in [0.05, 0.1) is 15.1 Å². The van der Waals surface area contributed by atoms with Gasteiger partial charge >= 0.3 is 0 Å². The largest absolute Gasteiger partial charge is 0.235 e. The van der Waals surface area contributed by atoms with Crippen LogP contribution in [0.5, 0.6) is 0 Å². The number of hydrogen-bond donors (Lipinski definition) is 0. The molecule has 0 aliphatic heterocycles. The van der Waals surface area contributed by atoms with Gasteiger partial charge in [0.1, 0.15) is 15.8 Å². The summed E-state index contributed by atoms with van der Waals surface area (Å²) in [5.41, 5.74) is 0. The highest BCUT2D eigenvalue weighted by Crippen LogP contribution is 2.49. The molecule has 0 spiro atoms. The molecule has 0 aromatic rings. The number of alkyl halides is 3. The van der Waals surface area contributed by atoms with Crippen molar-refractivity contribution in [2.24, 2.45) is 4.99 Å². The highest BCUT2D eigenvalue weighted by Gasteiger charge is 2.49. The van der Waals surface area contributed by atoms with Crippen LogP contribution < -0.4 is 0 Å². The topological polar surface area (TPSA) is 29.4 Å². The first-order valence-electron chi connectivity index (χ1n) is 3.83. The lowest BCUT2D eigenvalue weighted by Gasteiger charge is -2.34. The molecule has 2 atom stereocenters. The van der Waals surface area contributed by atoms with Crippen LogP contribution in [-0.2, 0) is 4.79 Å². The van der Waals surface area contributed by atoms with Gasteiger partial charge in [0.2, 0.25) is 6.08 Å². The Morgan fingerprint density at radius 2 is 1.94 bits per heavy atom. The third-order valence-electron chi connectivity index (χ3n) is 1.98. The summed E-state index contributed by atoms with van der Waals surface area (Å²) >= 11 is 35.1. The lowest BCUT2D eigenvalue weighted by molar-refractivity contribution is 0.553. The van der Waals surface area contributed by atoms with E-state index in [-0.39, 0.29) is 15.1 Å². The van der Waals surface area contributed by atoms with Crippen LogP contribution in [0.3, 0.4) is 0 Å². The normalized spacial score (nSPS) is 30.2. The van der Waals surface area contributed by atoms with Gasteiger partial charge < -0.3 is 0 Å². The number of rotatable bonds is 2. The third-order valence-corrected chi connectivity index (χ3v) is 5.02. The summed E-state index contributed by atoms with van der Waals surface area (Å²) in [5, 5.41) is 0.102. The van der Waals surface area contributed by atoms with Crippen molar-refractivity contribution in [1.82, 2.24) is 0 Å². The number of hydrogen-bond acceptors (Lipinski definition) is 2. The summed E-state index contributed by atoms with van der Waals surface area (Å²) in [7, 11) is 0. The molecule has 1 aliphatic rings. The smallest absolute Gasteiger partial charge is 0.211 e. The summed E-state index contributed by atoms with van der Waals surface area (Å²) in [4.78, 5) is 11.1. The zero-order chi connectivity index (χ0) is 12.5. The standard InChI is InChI=1S/C8H3Cl6NO/c9-3-1-4(15-2-16)8(14,7(12)13)6(11)5(3)10/h1,4,7H. The summed E-state index contributed by atoms with van der Waals surface area (Å²) in [6.07, 6.45) is 2.69. The Balaban J connectivity index is 3.38. The molecule has 2 unspecified atom stereocenters. The van der Waals surface area contributed by atoms with Crippen LogP contribution in [0.1, 0.15) is 0 Å². The first-order valence-corrected chi connectivity index (χ1v) is 6.21. The number of allylic oxidation sites excluding steroid dienone is 2. The van der Waals surface area contributed by atoms with E-state index in [2.05, 4.69) is 4.99 Å². The molecule has 0 saturated carbocycles. The van der Waals surface area contributed by atoms with Crippen molar-refractivity contribution in [1.29, 1.82) is 0 Å². The molecule has 0 aromatic heterocycles. The van der Waals surface area contributed by atoms with Gasteiger partial charge in [0, 0.05) is 0 Å². The zero-order valence-electron chi connectivity index (χ0n) is 7.36. The highest BCUT2D eigenvalue weighted by atomic mass is 35.5. The van der Waals surface area contributed by atoms with Crippen LogP contribution in [0.15, 0.2) is 26.2 Å². The zero-order valence-corrected chi connectivity index (χ0v) is 11.9. The van der Waals surface area contributed by atoms with Crippen molar-refractivity contribution < 1.29 is 4.79 Å². The van der Waals surface area contributed by atoms with E-state index in [1.165, 1.54) is 12.2 Å². The fraction of sp³-hybridized carbons (Fsp3) is 0.375. The molecule has 8 heteroatoms. The predicted molar refractivity (Wildman–Crippen MR) is 68.7 cm³/mol. The summed E-state index contributed by atoms with van der Waals surface area (Å²) in [6.45, 7) is 0. The molecule has 0 heterocycles. The summed E-state index contributed by atoms with van der Waals surface area (Å²) in [6, 6.07) is -0.922. The summed E-state index contributed by atoms with van der Waals surface area (Å²) in [5.74, 6) is 0. The lowest BCUT2D eigenvalue weighted by atomic mass is 9.95. The van der Waals surface area contributed by atoms with Crippen LogP contribution >= 0.6 is 69.6 Å². The van der Waals surface area contributed by atoms with E-state index in [1.54, 1.807) is 0 Å². The highest BCUT2D eigenvalue weighted by molar-refractivity contribution is 6.56. The van der Waals surface area contributed by atoms with Crippen molar-refractivity contribution in [3.63, 3.8) is 0 Å². The van der Waals surface area contributed by atoms with E-state index >= 15 is 0 Å². The number of isocyanates is 1. The molecule has 0 radical (unpaired) electrons. The second kappa shape index (κ2) is 5.49. The molecule has 0 aromatic carbocycles. The molecule has 1 aliphatic carbocycles. The maximum absolute atomic E-state index is 10.3. The Kier molecular flexibility index (Phi) is 5.03. The van der Waals surface area contributed by atoms with E-state index in [0.717, 1.165) is 0 Å². The van der Waals surface area contributed by atoms with Gasteiger partial charge in [-0.05, 0) is 6.08 Å². The Morgan fingerprint density at radius 3 is 2.38 bits per heavy atom. The maximum Gasteiger partial charge on any atom is 0.235 e. The van der Waals surface area contributed by atoms with Crippen LogP contribution in [0.4, 0.5) is 0 Å². The van der Waals surface area contributed by atoms with Gasteiger partial charge in [0.25, 0.3) is 0 Å². The van der Waals surface area contributed by atoms with Crippen molar-refractivity contribution in [3.8, 4) is 0 Å². The molecule has 2 nitrogen and oxygen atoms in total.